The summed E-state index contributed by atoms with van der Waals surface area (Å²) in [6.45, 7) is 20.0. The molecule has 0 aliphatic rings. The number of hydrogen-bond donors (Lipinski definition) is 1. The van der Waals surface area contributed by atoms with Crippen LogP contribution in [0, 0.1) is 0 Å². The van der Waals surface area contributed by atoms with Crippen LogP contribution in [0.2, 0.25) is 17.3 Å². The predicted molar refractivity (Wildman–Crippen MR) is 292 cm³/mol. The third kappa shape index (κ3) is 9.23. The van der Waals surface area contributed by atoms with E-state index in [1.807, 2.05) is 6.20 Å². The molecule has 0 aliphatic heterocycles. The van der Waals surface area contributed by atoms with Crippen molar-refractivity contribution in [1.29, 1.82) is 0 Å². The Bertz CT molecular complexity index is 3300. The molecular weight excluding hydrogens is 887 g/mol. The molecule has 5 heteroatoms. The van der Waals surface area contributed by atoms with E-state index < -0.39 is 13.3 Å². The molecule has 4 nitrogen and oxygen atoms in total. The molecule has 0 aliphatic carbocycles. The monoisotopic (exact) mass is 953 g/mol. The molecule has 0 unspecified atom stereocenters. The number of hydrogen-bond acceptors (Lipinski definition) is 3. The number of aromatic nitrogens is 3. The number of phenols is 1. The topological polar surface area (TPSA) is 50.9 Å². The summed E-state index contributed by atoms with van der Waals surface area (Å²) >= 11 is -2.06. The van der Waals surface area contributed by atoms with Crippen LogP contribution in [0.4, 0.5) is 0 Å². The van der Waals surface area contributed by atoms with E-state index in [1.54, 1.807) is 0 Å². The summed E-state index contributed by atoms with van der Waals surface area (Å²) in [6, 6.07) is 59.3. The van der Waals surface area contributed by atoms with Crippen LogP contribution < -0.4 is 4.40 Å². The zero-order valence-corrected chi connectivity index (χ0v) is 44.1. The summed E-state index contributed by atoms with van der Waals surface area (Å²) in [7, 11) is 0. The van der Waals surface area contributed by atoms with Crippen molar-refractivity contribution >= 4 is 28.7 Å². The maximum absolute atomic E-state index is 12.5. The van der Waals surface area contributed by atoms with Gasteiger partial charge in [-0.3, -0.25) is 4.98 Å². The molecule has 0 radical (unpaired) electrons. The van der Waals surface area contributed by atoms with Gasteiger partial charge in [0.25, 0.3) is 0 Å². The van der Waals surface area contributed by atoms with E-state index in [1.165, 1.54) is 21.1 Å². The van der Waals surface area contributed by atoms with Gasteiger partial charge in [0.2, 0.25) is 0 Å². The number of fused-ring (bicyclic) bond motifs is 1. The molecule has 68 heavy (non-hydrogen) atoms. The molecule has 0 amide bonds. The third-order valence-electron chi connectivity index (χ3n) is 13.4. The Morgan fingerprint density at radius 2 is 1.03 bits per heavy atom. The van der Waals surface area contributed by atoms with E-state index in [-0.39, 0.29) is 22.0 Å². The first kappa shape index (κ1) is 46.6. The van der Waals surface area contributed by atoms with Crippen LogP contribution >= 0.6 is 0 Å². The Morgan fingerprint density at radius 1 is 0.456 bits per heavy atom. The van der Waals surface area contributed by atoms with Crippen LogP contribution in [-0.4, -0.2) is 32.9 Å². The average Bonchev–Trinajstić information content (AvgIpc) is 3.70. The molecule has 9 rings (SSSR count). The summed E-state index contributed by atoms with van der Waals surface area (Å²) < 4.78 is 3.76. The standard InChI is InChI=1S/C63H65GeN3O/c1-61(2,3)48-36-46(35-47(37-48)55-38-45(33-34-65-55)43-27-25-42(26-28-43)41-19-14-13-15-20-41)52-22-18-24-57-58(52)66-60(53-39-49(62(4,5)6)40-54(59(53)68)63(7,8)9)67(57)56-23-17-16-21-51(56)44-29-31-50(32-30-44)64(10,11)12/h13-40,68H,1-12H3. The van der Waals surface area contributed by atoms with Crippen LogP contribution in [0.25, 0.3) is 83.9 Å². The van der Waals surface area contributed by atoms with E-state index in [0.29, 0.717) is 5.82 Å². The number of pyridine rings is 1. The van der Waals surface area contributed by atoms with Gasteiger partial charge in [0.05, 0.1) is 5.69 Å². The van der Waals surface area contributed by atoms with Crippen molar-refractivity contribution in [2.24, 2.45) is 0 Å². The summed E-state index contributed by atoms with van der Waals surface area (Å²) in [5.41, 5.74) is 17.1. The molecular formula is C63H65GeN3O. The van der Waals surface area contributed by atoms with Gasteiger partial charge in [0.1, 0.15) is 0 Å². The summed E-state index contributed by atoms with van der Waals surface area (Å²) in [5, 5.41) is 12.5. The van der Waals surface area contributed by atoms with Crippen LogP contribution in [0.1, 0.15) is 79.0 Å². The first-order valence-electron chi connectivity index (χ1n) is 24.0. The van der Waals surface area contributed by atoms with Gasteiger partial charge >= 0.3 is 219 Å². The number of para-hydroxylation sites is 2. The van der Waals surface area contributed by atoms with Gasteiger partial charge in [-0.2, -0.15) is 0 Å². The number of imidazole rings is 1. The van der Waals surface area contributed by atoms with Crippen LogP contribution in [0.15, 0.2) is 170 Å². The molecule has 0 bridgehead atoms. The normalized spacial score (nSPS) is 12.5. The van der Waals surface area contributed by atoms with Gasteiger partial charge < -0.3 is 0 Å². The Kier molecular flexibility index (Phi) is 12.0. The summed E-state index contributed by atoms with van der Waals surface area (Å²) in [4.78, 5) is 10.7. The van der Waals surface area contributed by atoms with E-state index in [2.05, 4.69) is 248 Å². The molecule has 0 saturated heterocycles. The first-order chi connectivity index (χ1) is 32.1. The fraction of sp³-hybridized carbons (Fsp3) is 0.238. The van der Waals surface area contributed by atoms with Gasteiger partial charge in [0, 0.05) is 11.8 Å². The summed E-state index contributed by atoms with van der Waals surface area (Å²) in [6.07, 6.45) is 1.93. The van der Waals surface area contributed by atoms with Gasteiger partial charge in [0.15, 0.2) is 0 Å². The number of rotatable bonds is 8. The summed E-state index contributed by atoms with van der Waals surface area (Å²) in [5.74, 6) is 8.28. The van der Waals surface area contributed by atoms with Gasteiger partial charge in [-0.05, 0) is 51.4 Å². The Morgan fingerprint density at radius 3 is 1.68 bits per heavy atom. The molecule has 7 aromatic carbocycles. The number of nitrogens with zero attached hydrogens (tertiary/aromatic N) is 3. The Balaban J connectivity index is 1.27. The van der Waals surface area contributed by atoms with E-state index in [4.69, 9.17) is 9.97 Å². The zero-order valence-electron chi connectivity index (χ0n) is 42.0. The molecule has 2 aromatic heterocycles. The molecule has 0 spiro atoms. The second-order valence-corrected chi connectivity index (χ2v) is 33.3. The van der Waals surface area contributed by atoms with E-state index in [0.717, 1.165) is 78.0 Å². The Labute approximate surface area is 407 Å². The van der Waals surface area contributed by atoms with Crippen molar-refractivity contribution in [2.75, 3.05) is 0 Å². The van der Waals surface area contributed by atoms with Crippen molar-refractivity contribution in [1.82, 2.24) is 14.5 Å². The predicted octanol–water partition coefficient (Wildman–Crippen LogP) is 16.6. The molecule has 1 N–H and O–H groups in total. The van der Waals surface area contributed by atoms with Crippen molar-refractivity contribution in [3.8, 4) is 78.6 Å². The van der Waals surface area contributed by atoms with Crippen molar-refractivity contribution in [3.05, 3.63) is 187 Å². The van der Waals surface area contributed by atoms with Crippen molar-refractivity contribution in [3.63, 3.8) is 0 Å². The van der Waals surface area contributed by atoms with Gasteiger partial charge in [-0.1, -0.05) is 117 Å². The maximum atomic E-state index is 12.5. The second kappa shape index (κ2) is 17.5. The molecule has 342 valence electrons. The zero-order chi connectivity index (χ0) is 48.3. The minimum absolute atomic E-state index is 0.151. The van der Waals surface area contributed by atoms with Gasteiger partial charge in [-0.25, -0.2) is 0 Å². The number of phenolic OH excluding ortho intramolecular Hbond substituents is 1. The third-order valence-corrected chi connectivity index (χ3v) is 17.7. The fourth-order valence-electron chi connectivity index (χ4n) is 9.25. The fourth-order valence-corrected chi connectivity index (χ4v) is 11.7. The van der Waals surface area contributed by atoms with Crippen LogP contribution in [-0.2, 0) is 16.2 Å². The molecule has 9 aromatic rings. The van der Waals surface area contributed by atoms with Crippen molar-refractivity contribution in [2.45, 2.75) is 95.8 Å². The minimum atomic E-state index is -2.06. The van der Waals surface area contributed by atoms with Crippen LogP contribution in [0.5, 0.6) is 5.75 Å². The first-order valence-corrected chi connectivity index (χ1v) is 31.4. The SMILES string of the molecule is CC(C)(C)c1cc(-c2cc(-c3ccc(-c4ccccc4)cc3)ccn2)cc(-c2cccc3c2nc(-c2cc(C(C)(C)C)cc(C(C)(C)C)c2O)n3-c2ccccc2-c2cc[c]([Ge]([CH3])([CH3])[CH3])cc2)c1. The van der Waals surface area contributed by atoms with Gasteiger partial charge in [-0.15, -0.1) is 0 Å². The molecule has 0 atom stereocenters. The average molecular weight is 953 g/mol. The van der Waals surface area contributed by atoms with E-state index in [9.17, 15) is 5.11 Å². The van der Waals surface area contributed by atoms with E-state index >= 15 is 0 Å². The number of benzene rings is 7. The molecule has 2 heterocycles. The van der Waals surface area contributed by atoms with Crippen molar-refractivity contribution < 1.29 is 5.11 Å². The Hall–Kier alpha value is -6.50. The molecule has 0 saturated carbocycles. The second-order valence-electron chi connectivity index (χ2n) is 22.6. The molecule has 0 fully saturated rings. The quantitative estimate of drug-likeness (QED) is 0.154. The number of aromatic hydroxyl groups is 1. The van der Waals surface area contributed by atoms with Crippen LogP contribution in [0.3, 0.4) is 0 Å².